The number of fused-ring (bicyclic) bond motifs is 7. The molecule has 0 saturated carbocycles. The fraction of sp³-hybridized carbons (Fsp3) is 0. The summed E-state index contributed by atoms with van der Waals surface area (Å²) in [5.41, 5.74) is 3.14. The van der Waals surface area contributed by atoms with Gasteiger partial charge in [0, 0.05) is 17.9 Å². The molecule has 4 nitrogen and oxygen atoms in total. The number of rotatable bonds is 1. The third-order valence-electron chi connectivity index (χ3n) is 4.67. The summed E-state index contributed by atoms with van der Waals surface area (Å²) >= 11 is 4.60. The van der Waals surface area contributed by atoms with E-state index in [-0.39, 0.29) is 5.56 Å². The molecule has 0 bridgehead atoms. The van der Waals surface area contributed by atoms with E-state index >= 15 is 0 Å². The lowest BCUT2D eigenvalue weighted by Crippen LogP contribution is -1.98. The van der Waals surface area contributed by atoms with E-state index in [1.807, 2.05) is 0 Å². The van der Waals surface area contributed by atoms with Gasteiger partial charge in [0.05, 0.1) is 27.6 Å². The van der Waals surface area contributed by atoms with E-state index in [2.05, 4.69) is 81.6 Å². The highest BCUT2D eigenvalue weighted by molar-refractivity contribution is 14.1. The van der Waals surface area contributed by atoms with Gasteiger partial charge in [0.1, 0.15) is 0 Å². The molecule has 1 aromatic heterocycles. The van der Waals surface area contributed by atoms with Crippen molar-refractivity contribution in [3.8, 4) is 0 Å². The number of hydrogen-bond acceptors (Lipinski definition) is 3. The van der Waals surface area contributed by atoms with Gasteiger partial charge in [-0.05, 0) is 98.4 Å². The highest BCUT2D eigenvalue weighted by Gasteiger charge is 2.14. The lowest BCUT2D eigenvalue weighted by atomic mass is 9.99. The zero-order valence-corrected chi connectivity index (χ0v) is 18.0. The molecule has 0 saturated heterocycles. The molecular formula is C21H10I2N2O2. The Labute approximate surface area is 180 Å². The summed E-state index contributed by atoms with van der Waals surface area (Å²) in [5.74, 6) is -0.966. The molecular weight excluding hydrogens is 566 g/mol. The summed E-state index contributed by atoms with van der Waals surface area (Å²) in [4.78, 5) is 21.0. The lowest BCUT2D eigenvalue weighted by molar-refractivity contribution is 0.0697. The largest absolute Gasteiger partial charge is 0.478 e. The van der Waals surface area contributed by atoms with Crippen LogP contribution in [0.4, 0.5) is 0 Å². The van der Waals surface area contributed by atoms with Crippen LogP contribution in [0.5, 0.6) is 0 Å². The Morgan fingerprint density at radius 3 is 1.81 bits per heavy atom. The number of carboxylic acid groups (broad SMARTS) is 1. The van der Waals surface area contributed by atoms with Crippen LogP contribution in [0.25, 0.3) is 43.6 Å². The number of benzene rings is 4. The van der Waals surface area contributed by atoms with Crippen molar-refractivity contribution in [2.24, 2.45) is 0 Å². The number of hydrogen-bond donors (Lipinski definition) is 1. The average Bonchev–Trinajstić information content (AvgIpc) is 2.66. The first kappa shape index (κ1) is 17.1. The van der Waals surface area contributed by atoms with Crippen LogP contribution in [0.1, 0.15) is 10.4 Å². The van der Waals surface area contributed by atoms with Crippen LogP contribution in [0.3, 0.4) is 0 Å². The van der Waals surface area contributed by atoms with Gasteiger partial charge < -0.3 is 5.11 Å². The first-order chi connectivity index (χ1) is 13.0. The third-order valence-corrected chi connectivity index (χ3v) is 6.02. The summed E-state index contributed by atoms with van der Waals surface area (Å²) in [5, 5.41) is 13.6. The zero-order chi connectivity index (χ0) is 18.7. The van der Waals surface area contributed by atoms with Crippen molar-refractivity contribution < 1.29 is 9.90 Å². The molecule has 0 atom stereocenters. The maximum absolute atomic E-state index is 11.3. The van der Waals surface area contributed by atoms with Crippen molar-refractivity contribution in [1.29, 1.82) is 0 Å². The van der Waals surface area contributed by atoms with Gasteiger partial charge >= 0.3 is 5.97 Å². The Kier molecular flexibility index (Phi) is 3.94. The van der Waals surface area contributed by atoms with Crippen LogP contribution in [-0.2, 0) is 0 Å². The molecule has 0 unspecified atom stereocenters. The van der Waals surface area contributed by atoms with Gasteiger partial charge in [0.2, 0.25) is 0 Å². The van der Waals surface area contributed by atoms with Crippen molar-refractivity contribution in [3.63, 3.8) is 0 Å². The smallest absolute Gasteiger partial charge is 0.335 e. The van der Waals surface area contributed by atoms with Gasteiger partial charge in [-0.2, -0.15) is 0 Å². The molecule has 0 aliphatic heterocycles. The van der Waals surface area contributed by atoms with Gasteiger partial charge in [-0.25, -0.2) is 14.8 Å². The Bertz CT molecular complexity index is 1430. The van der Waals surface area contributed by atoms with E-state index in [0.717, 1.165) is 39.7 Å². The maximum atomic E-state index is 11.3. The van der Waals surface area contributed by atoms with Crippen LogP contribution in [0.15, 0.2) is 54.6 Å². The van der Waals surface area contributed by atoms with Gasteiger partial charge in [-0.1, -0.05) is 12.1 Å². The number of nitrogens with zero attached hydrogens (tertiary/aromatic N) is 2. The third kappa shape index (κ3) is 2.73. The molecule has 0 spiro atoms. The molecule has 27 heavy (non-hydrogen) atoms. The lowest BCUT2D eigenvalue weighted by Gasteiger charge is -2.11. The second kappa shape index (κ2) is 6.23. The first-order valence-corrected chi connectivity index (χ1v) is 10.3. The molecule has 1 heterocycles. The van der Waals surface area contributed by atoms with E-state index in [0.29, 0.717) is 11.0 Å². The van der Waals surface area contributed by atoms with Crippen LogP contribution in [-0.4, -0.2) is 21.0 Å². The molecule has 0 radical (unpaired) electrons. The maximum Gasteiger partial charge on any atom is 0.335 e. The summed E-state index contributed by atoms with van der Waals surface area (Å²) in [7, 11) is 0. The zero-order valence-electron chi connectivity index (χ0n) is 13.7. The quantitative estimate of drug-likeness (QED) is 0.151. The van der Waals surface area contributed by atoms with Gasteiger partial charge in [0.15, 0.2) is 0 Å². The second-order valence-electron chi connectivity index (χ2n) is 6.31. The molecule has 5 aromatic rings. The van der Waals surface area contributed by atoms with E-state index < -0.39 is 5.97 Å². The van der Waals surface area contributed by atoms with Crippen LogP contribution < -0.4 is 0 Å². The fourth-order valence-corrected chi connectivity index (χ4v) is 4.44. The SMILES string of the molecule is O=C(O)c1ccc2nc3c4cc(I)ccc4c4ccc(I)cc4c3nc2c1. The van der Waals surface area contributed by atoms with E-state index in [9.17, 15) is 9.90 Å². The summed E-state index contributed by atoms with van der Waals surface area (Å²) < 4.78 is 2.25. The molecule has 4 aromatic carbocycles. The van der Waals surface area contributed by atoms with Crippen molar-refractivity contribution in [2.45, 2.75) is 0 Å². The van der Waals surface area contributed by atoms with Gasteiger partial charge in [-0.3, -0.25) is 0 Å². The normalized spacial score (nSPS) is 11.6. The Morgan fingerprint density at radius 2 is 1.26 bits per heavy atom. The Hall–Kier alpha value is -2.07. The monoisotopic (exact) mass is 576 g/mol. The molecule has 6 heteroatoms. The van der Waals surface area contributed by atoms with Gasteiger partial charge in [-0.15, -0.1) is 0 Å². The van der Waals surface area contributed by atoms with E-state index in [1.165, 1.54) is 0 Å². The average molecular weight is 576 g/mol. The number of aromatic nitrogens is 2. The predicted octanol–water partition coefficient (Wildman–Crippen LogP) is 6.00. The molecule has 5 rings (SSSR count). The highest BCUT2D eigenvalue weighted by atomic mass is 127. The summed E-state index contributed by atoms with van der Waals surface area (Å²) in [6.07, 6.45) is 0. The van der Waals surface area contributed by atoms with Crippen LogP contribution >= 0.6 is 45.2 Å². The van der Waals surface area contributed by atoms with E-state index in [1.54, 1.807) is 18.2 Å². The van der Waals surface area contributed by atoms with Crippen molar-refractivity contribution in [3.05, 3.63) is 67.3 Å². The van der Waals surface area contributed by atoms with E-state index in [4.69, 9.17) is 9.97 Å². The minimum absolute atomic E-state index is 0.213. The second-order valence-corrected chi connectivity index (χ2v) is 8.80. The predicted molar refractivity (Wildman–Crippen MR) is 124 cm³/mol. The van der Waals surface area contributed by atoms with Crippen molar-refractivity contribution in [1.82, 2.24) is 9.97 Å². The molecule has 0 fully saturated rings. The van der Waals surface area contributed by atoms with Crippen molar-refractivity contribution >= 4 is 94.8 Å². The molecule has 130 valence electrons. The number of halogens is 2. The molecule has 0 aliphatic carbocycles. The minimum atomic E-state index is -0.966. The molecule has 0 amide bonds. The standard InChI is InChI=1S/C21H10I2N2O2/c22-11-2-4-13-14-5-3-12(23)9-16(14)20-19(15(13)8-11)24-17-6-1-10(21(26)27)7-18(17)25-20/h1-9H,(H,26,27). The Balaban J connectivity index is 2.05. The highest BCUT2D eigenvalue weighted by Crippen LogP contribution is 2.35. The number of aromatic carboxylic acids is 1. The van der Waals surface area contributed by atoms with Gasteiger partial charge in [0.25, 0.3) is 0 Å². The Morgan fingerprint density at radius 1 is 0.704 bits per heavy atom. The number of carbonyl (C=O) groups is 1. The summed E-state index contributed by atoms with van der Waals surface area (Å²) in [6, 6.07) is 17.5. The topological polar surface area (TPSA) is 63.1 Å². The minimum Gasteiger partial charge on any atom is -0.478 e. The molecule has 0 aliphatic rings. The number of carboxylic acids is 1. The van der Waals surface area contributed by atoms with Crippen LogP contribution in [0.2, 0.25) is 0 Å². The summed E-state index contributed by atoms with van der Waals surface area (Å²) in [6.45, 7) is 0. The fourth-order valence-electron chi connectivity index (χ4n) is 3.46. The molecule has 1 N–H and O–H groups in total. The first-order valence-electron chi connectivity index (χ1n) is 8.16. The van der Waals surface area contributed by atoms with Crippen molar-refractivity contribution in [2.75, 3.05) is 0 Å². The van der Waals surface area contributed by atoms with Crippen LogP contribution in [0, 0.1) is 7.14 Å².